The average Bonchev–Trinajstić information content (AvgIpc) is 2.87. The van der Waals surface area contributed by atoms with Crippen LogP contribution in [0.1, 0.15) is 31.4 Å². The van der Waals surface area contributed by atoms with Gasteiger partial charge in [-0.2, -0.15) is 11.8 Å². The Hall–Kier alpha value is -1.08. The van der Waals surface area contributed by atoms with E-state index in [4.69, 9.17) is 9.84 Å². The predicted octanol–water partition coefficient (Wildman–Crippen LogP) is 1.60. The van der Waals surface area contributed by atoms with Crippen molar-refractivity contribution in [2.75, 3.05) is 18.1 Å². The van der Waals surface area contributed by atoms with Gasteiger partial charge in [-0.25, -0.2) is 4.68 Å². The Morgan fingerprint density at radius 3 is 3.05 bits per heavy atom. The van der Waals surface area contributed by atoms with Crippen LogP contribution in [-0.2, 0) is 22.5 Å². The molecule has 0 unspecified atom stereocenters. The van der Waals surface area contributed by atoms with E-state index in [2.05, 4.69) is 10.3 Å². The summed E-state index contributed by atoms with van der Waals surface area (Å²) in [5.74, 6) is 1.63. The Balaban J connectivity index is 1.63. The Labute approximate surface area is 122 Å². The van der Waals surface area contributed by atoms with Gasteiger partial charge in [-0.1, -0.05) is 5.21 Å². The summed E-state index contributed by atoms with van der Waals surface area (Å²) in [6, 6.07) is 0. The first-order valence-corrected chi connectivity index (χ1v) is 8.19. The number of rotatable bonds is 8. The molecule has 1 aliphatic heterocycles. The zero-order valence-electron chi connectivity index (χ0n) is 11.5. The normalized spacial score (nSPS) is 16.4. The van der Waals surface area contributed by atoms with Crippen molar-refractivity contribution in [2.45, 2.75) is 44.8 Å². The fourth-order valence-electron chi connectivity index (χ4n) is 2.14. The van der Waals surface area contributed by atoms with E-state index >= 15 is 0 Å². The highest BCUT2D eigenvalue weighted by atomic mass is 32.2. The maximum atomic E-state index is 10.4. The van der Waals surface area contributed by atoms with Crippen LogP contribution in [0.15, 0.2) is 6.20 Å². The Morgan fingerprint density at radius 1 is 1.50 bits per heavy atom. The number of aliphatic carboxylic acids is 1. The van der Waals surface area contributed by atoms with Crippen LogP contribution in [0.5, 0.6) is 0 Å². The van der Waals surface area contributed by atoms with Crippen LogP contribution in [0.2, 0.25) is 0 Å². The van der Waals surface area contributed by atoms with E-state index in [1.54, 1.807) is 4.68 Å². The summed E-state index contributed by atoms with van der Waals surface area (Å²) in [6.07, 6.45) is 5.99. The van der Waals surface area contributed by atoms with Gasteiger partial charge in [-0.3, -0.25) is 4.79 Å². The van der Waals surface area contributed by atoms with Crippen LogP contribution < -0.4 is 0 Å². The molecule has 0 aromatic carbocycles. The van der Waals surface area contributed by atoms with Crippen LogP contribution in [0.25, 0.3) is 0 Å². The van der Waals surface area contributed by atoms with Gasteiger partial charge in [0.1, 0.15) is 0 Å². The number of ether oxygens (including phenoxy) is 1. The van der Waals surface area contributed by atoms with Gasteiger partial charge in [0.25, 0.3) is 0 Å². The molecule has 2 heterocycles. The van der Waals surface area contributed by atoms with Crippen molar-refractivity contribution in [2.24, 2.45) is 0 Å². The maximum Gasteiger partial charge on any atom is 0.303 e. The number of nitrogens with zero attached hydrogens (tertiary/aromatic N) is 3. The van der Waals surface area contributed by atoms with Crippen molar-refractivity contribution < 1.29 is 14.6 Å². The minimum absolute atomic E-state index is 0.176. The molecular formula is C13H21N3O3S. The van der Waals surface area contributed by atoms with Crippen molar-refractivity contribution in [1.29, 1.82) is 0 Å². The van der Waals surface area contributed by atoms with Crippen molar-refractivity contribution >= 4 is 17.7 Å². The zero-order chi connectivity index (χ0) is 14.2. The van der Waals surface area contributed by atoms with Crippen LogP contribution in [0, 0.1) is 0 Å². The molecule has 0 amide bonds. The molecule has 0 saturated carbocycles. The molecule has 2 rings (SSSR count). The highest BCUT2D eigenvalue weighted by molar-refractivity contribution is 7.99. The Morgan fingerprint density at radius 2 is 2.30 bits per heavy atom. The lowest BCUT2D eigenvalue weighted by atomic mass is 10.2. The molecule has 1 aromatic rings. The number of hydrogen-bond acceptors (Lipinski definition) is 5. The molecule has 0 radical (unpaired) electrons. The summed E-state index contributed by atoms with van der Waals surface area (Å²) in [6.45, 7) is 1.36. The molecule has 6 nitrogen and oxygen atoms in total. The summed E-state index contributed by atoms with van der Waals surface area (Å²) in [5.41, 5.74) is 0.848. The Kier molecular flexibility index (Phi) is 6.32. The summed E-state index contributed by atoms with van der Waals surface area (Å²) in [4.78, 5) is 10.4. The minimum atomic E-state index is -0.767. The van der Waals surface area contributed by atoms with Gasteiger partial charge in [-0.15, -0.1) is 5.10 Å². The number of aromatic nitrogens is 3. The van der Waals surface area contributed by atoms with Gasteiger partial charge in [0, 0.05) is 12.6 Å². The largest absolute Gasteiger partial charge is 0.481 e. The van der Waals surface area contributed by atoms with Gasteiger partial charge >= 0.3 is 5.97 Å². The number of aryl methyl sites for hydroxylation is 1. The second-order valence-corrected chi connectivity index (χ2v) is 6.13. The molecule has 20 heavy (non-hydrogen) atoms. The quantitative estimate of drug-likeness (QED) is 0.785. The molecular weight excluding hydrogens is 278 g/mol. The first-order chi connectivity index (χ1) is 9.74. The topological polar surface area (TPSA) is 77.2 Å². The van der Waals surface area contributed by atoms with Gasteiger partial charge in [0.15, 0.2) is 0 Å². The second kappa shape index (κ2) is 8.26. The molecule has 0 spiro atoms. The van der Waals surface area contributed by atoms with E-state index in [1.807, 2.05) is 18.0 Å². The third-order valence-corrected chi connectivity index (χ3v) is 4.30. The van der Waals surface area contributed by atoms with E-state index in [0.717, 1.165) is 18.5 Å². The van der Waals surface area contributed by atoms with E-state index < -0.39 is 5.97 Å². The minimum Gasteiger partial charge on any atom is -0.481 e. The number of carboxylic acids is 1. The highest BCUT2D eigenvalue weighted by Crippen LogP contribution is 2.19. The zero-order valence-corrected chi connectivity index (χ0v) is 12.3. The summed E-state index contributed by atoms with van der Waals surface area (Å²) < 4.78 is 7.60. The molecule has 7 heteroatoms. The number of carbonyl (C=O) groups is 1. The standard InChI is InChI=1S/C13H21N3O3S/c17-13(18)3-1-2-11-10-16(15-14-11)6-7-19-12-4-8-20-9-5-12/h10,12H,1-9H2,(H,17,18). The SMILES string of the molecule is O=C(O)CCCc1cn(CCOC2CCSCC2)nn1. The van der Waals surface area contributed by atoms with Crippen molar-refractivity contribution in [3.05, 3.63) is 11.9 Å². The van der Waals surface area contributed by atoms with E-state index in [1.165, 1.54) is 11.5 Å². The first-order valence-electron chi connectivity index (χ1n) is 7.04. The van der Waals surface area contributed by atoms with Gasteiger partial charge < -0.3 is 9.84 Å². The van der Waals surface area contributed by atoms with Crippen molar-refractivity contribution in [3.63, 3.8) is 0 Å². The summed E-state index contributed by atoms with van der Waals surface area (Å²) in [5, 5.41) is 16.6. The van der Waals surface area contributed by atoms with Crippen LogP contribution >= 0.6 is 11.8 Å². The second-order valence-electron chi connectivity index (χ2n) is 4.90. The lowest BCUT2D eigenvalue weighted by Gasteiger charge is -2.21. The van der Waals surface area contributed by atoms with Crippen LogP contribution in [0.4, 0.5) is 0 Å². The number of hydrogen-bond donors (Lipinski definition) is 1. The van der Waals surface area contributed by atoms with E-state index in [9.17, 15) is 4.79 Å². The van der Waals surface area contributed by atoms with E-state index in [-0.39, 0.29) is 6.42 Å². The fraction of sp³-hybridized carbons (Fsp3) is 0.769. The molecule has 1 aromatic heterocycles. The van der Waals surface area contributed by atoms with Crippen molar-refractivity contribution in [1.82, 2.24) is 15.0 Å². The van der Waals surface area contributed by atoms with Gasteiger partial charge in [-0.05, 0) is 37.2 Å². The third kappa shape index (κ3) is 5.50. The third-order valence-electron chi connectivity index (χ3n) is 3.25. The van der Waals surface area contributed by atoms with Gasteiger partial charge in [0.05, 0.1) is 24.9 Å². The lowest BCUT2D eigenvalue weighted by molar-refractivity contribution is -0.137. The number of carboxylic acid groups (broad SMARTS) is 1. The molecule has 1 aliphatic rings. The highest BCUT2D eigenvalue weighted by Gasteiger charge is 2.13. The molecule has 0 atom stereocenters. The number of thioether (sulfide) groups is 1. The smallest absolute Gasteiger partial charge is 0.303 e. The van der Waals surface area contributed by atoms with E-state index in [0.29, 0.717) is 32.1 Å². The molecule has 0 aliphatic carbocycles. The average molecular weight is 299 g/mol. The maximum absolute atomic E-state index is 10.4. The summed E-state index contributed by atoms with van der Waals surface area (Å²) in [7, 11) is 0. The molecule has 1 N–H and O–H groups in total. The predicted molar refractivity (Wildman–Crippen MR) is 76.9 cm³/mol. The van der Waals surface area contributed by atoms with Crippen LogP contribution in [0.3, 0.4) is 0 Å². The molecule has 1 saturated heterocycles. The molecule has 0 bridgehead atoms. The van der Waals surface area contributed by atoms with Crippen molar-refractivity contribution in [3.8, 4) is 0 Å². The lowest BCUT2D eigenvalue weighted by Crippen LogP contribution is -2.21. The molecule has 112 valence electrons. The summed E-state index contributed by atoms with van der Waals surface area (Å²) >= 11 is 1.99. The monoisotopic (exact) mass is 299 g/mol. The fourth-order valence-corrected chi connectivity index (χ4v) is 3.20. The van der Waals surface area contributed by atoms with Gasteiger partial charge in [0.2, 0.25) is 0 Å². The first kappa shape index (κ1) is 15.3. The molecule has 1 fully saturated rings. The Bertz CT molecular complexity index is 419. The van der Waals surface area contributed by atoms with Crippen LogP contribution in [-0.4, -0.2) is 50.3 Å².